The van der Waals surface area contributed by atoms with Gasteiger partial charge in [0.05, 0.1) is 12.5 Å². The Morgan fingerprint density at radius 1 is 1.52 bits per heavy atom. The Bertz CT molecular complexity index is 475. The molecular formula is C15H22N2O3S. The minimum atomic E-state index is -0.843. The van der Waals surface area contributed by atoms with Gasteiger partial charge in [-0.25, -0.2) is 4.79 Å². The first-order valence-corrected chi connectivity index (χ1v) is 8.32. The summed E-state index contributed by atoms with van der Waals surface area (Å²) in [6, 6.07) is 3.68. The van der Waals surface area contributed by atoms with Crippen LogP contribution in [0.25, 0.3) is 0 Å². The molecule has 2 atom stereocenters. The molecule has 1 fully saturated rings. The highest BCUT2D eigenvalue weighted by atomic mass is 32.1. The highest BCUT2D eigenvalue weighted by Gasteiger charge is 2.29. The Morgan fingerprint density at radius 3 is 2.95 bits per heavy atom. The molecule has 2 unspecified atom stereocenters. The molecule has 6 heteroatoms. The van der Waals surface area contributed by atoms with Crippen molar-refractivity contribution in [3.8, 4) is 0 Å². The van der Waals surface area contributed by atoms with Gasteiger partial charge in [0, 0.05) is 17.5 Å². The van der Waals surface area contributed by atoms with E-state index in [0.717, 1.165) is 30.6 Å². The van der Waals surface area contributed by atoms with Gasteiger partial charge in [-0.3, -0.25) is 4.79 Å². The van der Waals surface area contributed by atoms with E-state index in [2.05, 4.69) is 5.32 Å². The average Bonchev–Trinajstić information content (AvgIpc) is 2.98. The number of nitrogens with one attached hydrogen (secondary N) is 1. The fourth-order valence-corrected chi connectivity index (χ4v) is 3.64. The maximum atomic E-state index is 12.5. The predicted octanol–water partition coefficient (Wildman–Crippen LogP) is 3.24. The van der Waals surface area contributed by atoms with E-state index in [4.69, 9.17) is 5.11 Å². The number of likely N-dealkylation sites (tertiary alicyclic amines) is 1. The lowest BCUT2D eigenvalue weighted by atomic mass is 10.00. The number of thiophene rings is 1. The lowest BCUT2D eigenvalue weighted by Gasteiger charge is -2.35. The summed E-state index contributed by atoms with van der Waals surface area (Å²) >= 11 is 1.63. The van der Waals surface area contributed by atoms with Crippen molar-refractivity contribution in [1.29, 1.82) is 0 Å². The number of piperidine rings is 1. The molecule has 1 aromatic heterocycles. The molecule has 1 aliphatic heterocycles. The molecule has 1 aromatic rings. The quantitative estimate of drug-likeness (QED) is 0.877. The smallest absolute Gasteiger partial charge is 0.318 e. The molecule has 0 aromatic carbocycles. The minimum Gasteiger partial charge on any atom is -0.481 e. The number of nitrogens with zero attached hydrogens (tertiary/aromatic N) is 1. The molecule has 2 amide bonds. The molecule has 2 rings (SSSR count). The SMILES string of the molecule is CCC(NC(=O)N1CCCCC1CC(=O)O)c1cccs1. The van der Waals surface area contributed by atoms with Crippen molar-refractivity contribution < 1.29 is 14.7 Å². The molecule has 0 aliphatic carbocycles. The number of rotatable bonds is 5. The first-order chi connectivity index (χ1) is 10.1. The second-order valence-electron chi connectivity index (χ2n) is 5.37. The molecule has 21 heavy (non-hydrogen) atoms. The first kappa shape index (κ1) is 15.8. The Morgan fingerprint density at radius 2 is 2.33 bits per heavy atom. The maximum absolute atomic E-state index is 12.5. The maximum Gasteiger partial charge on any atom is 0.318 e. The van der Waals surface area contributed by atoms with Crippen LogP contribution >= 0.6 is 11.3 Å². The van der Waals surface area contributed by atoms with Gasteiger partial charge in [-0.05, 0) is 37.1 Å². The van der Waals surface area contributed by atoms with Crippen LogP contribution < -0.4 is 5.32 Å². The molecule has 0 bridgehead atoms. The molecular weight excluding hydrogens is 288 g/mol. The number of urea groups is 1. The molecule has 116 valence electrons. The highest BCUT2D eigenvalue weighted by molar-refractivity contribution is 7.10. The number of hydrogen-bond acceptors (Lipinski definition) is 3. The summed E-state index contributed by atoms with van der Waals surface area (Å²) in [7, 11) is 0. The van der Waals surface area contributed by atoms with Crippen LogP contribution in [-0.2, 0) is 4.79 Å². The third-order valence-electron chi connectivity index (χ3n) is 3.89. The summed E-state index contributed by atoms with van der Waals surface area (Å²) in [4.78, 5) is 26.3. The van der Waals surface area contributed by atoms with E-state index in [1.165, 1.54) is 0 Å². The fourth-order valence-electron chi connectivity index (χ4n) is 2.78. The summed E-state index contributed by atoms with van der Waals surface area (Å²) in [5, 5.41) is 14.0. The van der Waals surface area contributed by atoms with Crippen molar-refractivity contribution in [3.05, 3.63) is 22.4 Å². The number of carboxylic acid groups (broad SMARTS) is 1. The van der Waals surface area contributed by atoms with Gasteiger partial charge in [0.2, 0.25) is 0 Å². The molecule has 0 radical (unpaired) electrons. The Hall–Kier alpha value is -1.56. The van der Waals surface area contributed by atoms with E-state index in [1.807, 2.05) is 24.4 Å². The summed E-state index contributed by atoms with van der Waals surface area (Å²) in [6.45, 7) is 2.68. The topological polar surface area (TPSA) is 69.6 Å². The van der Waals surface area contributed by atoms with Crippen molar-refractivity contribution in [2.24, 2.45) is 0 Å². The van der Waals surface area contributed by atoms with Crippen LogP contribution in [0.2, 0.25) is 0 Å². The van der Waals surface area contributed by atoms with Crippen LogP contribution in [0.1, 0.15) is 49.9 Å². The monoisotopic (exact) mass is 310 g/mol. The molecule has 2 heterocycles. The Balaban J connectivity index is 2.01. The second kappa shape index (κ2) is 7.45. The second-order valence-corrected chi connectivity index (χ2v) is 6.35. The van der Waals surface area contributed by atoms with E-state index in [0.29, 0.717) is 6.54 Å². The predicted molar refractivity (Wildman–Crippen MR) is 82.5 cm³/mol. The van der Waals surface area contributed by atoms with Crippen molar-refractivity contribution in [2.45, 2.75) is 51.1 Å². The number of carbonyl (C=O) groups is 2. The van der Waals surface area contributed by atoms with E-state index in [-0.39, 0.29) is 24.5 Å². The van der Waals surface area contributed by atoms with Crippen LogP contribution in [-0.4, -0.2) is 34.6 Å². The van der Waals surface area contributed by atoms with Crippen LogP contribution in [0.3, 0.4) is 0 Å². The Kier molecular flexibility index (Phi) is 5.61. The number of carboxylic acids is 1. The van der Waals surface area contributed by atoms with Gasteiger partial charge < -0.3 is 15.3 Å². The van der Waals surface area contributed by atoms with Crippen LogP contribution in [0.4, 0.5) is 4.79 Å². The largest absolute Gasteiger partial charge is 0.481 e. The van der Waals surface area contributed by atoms with Gasteiger partial charge in [0.25, 0.3) is 0 Å². The standard InChI is InChI=1S/C15H22N2O3S/c1-2-12(13-7-5-9-21-13)16-15(20)17-8-4-3-6-11(17)10-14(18)19/h5,7,9,11-12H,2-4,6,8,10H2,1H3,(H,16,20)(H,18,19). The van der Waals surface area contributed by atoms with Gasteiger partial charge in [-0.1, -0.05) is 13.0 Å². The van der Waals surface area contributed by atoms with E-state index in [9.17, 15) is 9.59 Å². The zero-order valence-corrected chi connectivity index (χ0v) is 13.1. The lowest BCUT2D eigenvalue weighted by Crippen LogP contribution is -2.50. The number of carbonyl (C=O) groups excluding carboxylic acids is 1. The van der Waals surface area contributed by atoms with Gasteiger partial charge in [-0.15, -0.1) is 11.3 Å². The van der Waals surface area contributed by atoms with Crippen molar-refractivity contribution >= 4 is 23.3 Å². The summed E-state index contributed by atoms with van der Waals surface area (Å²) in [5.74, 6) is -0.843. The third kappa shape index (κ3) is 4.20. The zero-order chi connectivity index (χ0) is 15.2. The first-order valence-electron chi connectivity index (χ1n) is 7.44. The number of hydrogen-bond donors (Lipinski definition) is 2. The van der Waals surface area contributed by atoms with E-state index in [1.54, 1.807) is 16.2 Å². The van der Waals surface area contributed by atoms with Crippen molar-refractivity contribution in [3.63, 3.8) is 0 Å². The van der Waals surface area contributed by atoms with Crippen LogP contribution in [0, 0.1) is 0 Å². The van der Waals surface area contributed by atoms with Crippen molar-refractivity contribution in [1.82, 2.24) is 10.2 Å². The summed E-state index contributed by atoms with van der Waals surface area (Å²) < 4.78 is 0. The minimum absolute atomic E-state index is 0.00454. The highest BCUT2D eigenvalue weighted by Crippen LogP contribution is 2.24. The molecule has 2 N–H and O–H groups in total. The summed E-state index contributed by atoms with van der Waals surface area (Å²) in [5.41, 5.74) is 0. The Labute approximate surface area is 129 Å². The normalized spacial score (nSPS) is 20.0. The lowest BCUT2D eigenvalue weighted by molar-refractivity contribution is -0.138. The summed E-state index contributed by atoms with van der Waals surface area (Å²) in [6.07, 6.45) is 3.56. The zero-order valence-electron chi connectivity index (χ0n) is 12.2. The molecule has 1 saturated heterocycles. The van der Waals surface area contributed by atoms with Gasteiger partial charge >= 0.3 is 12.0 Å². The van der Waals surface area contributed by atoms with Crippen LogP contribution in [0.5, 0.6) is 0 Å². The number of amides is 2. The van der Waals surface area contributed by atoms with E-state index >= 15 is 0 Å². The van der Waals surface area contributed by atoms with Gasteiger partial charge in [-0.2, -0.15) is 0 Å². The van der Waals surface area contributed by atoms with E-state index < -0.39 is 5.97 Å². The molecule has 1 aliphatic rings. The fraction of sp³-hybridized carbons (Fsp3) is 0.600. The number of aliphatic carboxylic acids is 1. The molecule has 0 saturated carbocycles. The van der Waals surface area contributed by atoms with Crippen LogP contribution in [0.15, 0.2) is 17.5 Å². The molecule has 0 spiro atoms. The van der Waals surface area contributed by atoms with Crippen molar-refractivity contribution in [2.75, 3.05) is 6.54 Å². The van der Waals surface area contributed by atoms with Gasteiger partial charge in [0.15, 0.2) is 0 Å². The third-order valence-corrected chi connectivity index (χ3v) is 4.88. The van der Waals surface area contributed by atoms with Gasteiger partial charge in [0.1, 0.15) is 0 Å². The average molecular weight is 310 g/mol. The molecule has 5 nitrogen and oxygen atoms in total.